The minimum absolute atomic E-state index is 0.146. The van der Waals surface area contributed by atoms with Crippen LogP contribution in [0.3, 0.4) is 0 Å². The molecule has 0 heterocycles. The summed E-state index contributed by atoms with van der Waals surface area (Å²) < 4.78 is 22.8. The summed E-state index contributed by atoms with van der Waals surface area (Å²) in [5.41, 5.74) is 0. The van der Waals surface area contributed by atoms with Crippen molar-refractivity contribution in [2.45, 2.75) is 373 Å². The van der Waals surface area contributed by atoms with Crippen LogP contribution >= 0.6 is 0 Å². The van der Waals surface area contributed by atoms with E-state index in [4.69, 9.17) is 18.9 Å². The average Bonchev–Trinajstić information content (AvgIpc) is 3.57. The van der Waals surface area contributed by atoms with E-state index >= 15 is 0 Å². The van der Waals surface area contributed by atoms with Gasteiger partial charge >= 0.3 is 11.9 Å². The highest BCUT2D eigenvalue weighted by atomic mass is 16.7. The number of esters is 2. The molecule has 0 aliphatic rings. The van der Waals surface area contributed by atoms with Gasteiger partial charge in [0.2, 0.25) is 0 Å². The van der Waals surface area contributed by atoms with Crippen molar-refractivity contribution in [3.8, 4) is 0 Å². The monoisotopic (exact) mass is 1220 g/mol. The molecule has 0 radical (unpaired) electrons. The molecule has 0 rings (SSSR count). The Hall–Kier alpha value is -3.01. The predicted molar refractivity (Wildman–Crippen MR) is 371 cm³/mol. The van der Waals surface area contributed by atoms with Crippen LogP contribution in [0, 0.1) is 0 Å². The first-order chi connectivity index (χ1) is 42.6. The molecule has 2 unspecified atom stereocenters. The highest BCUT2D eigenvalue weighted by molar-refractivity contribution is 5.70. The van der Waals surface area contributed by atoms with Crippen molar-refractivity contribution >= 4 is 17.9 Å². The first-order valence-corrected chi connectivity index (χ1v) is 37.4. The number of carboxylic acids is 1. The number of quaternary nitrogens is 1. The summed E-state index contributed by atoms with van der Waals surface area (Å²) in [5.74, 6) is -2.28. The zero-order valence-corrected chi connectivity index (χ0v) is 58.2. The Kier molecular flexibility index (Phi) is 66.5. The third kappa shape index (κ3) is 70.3. The number of carboxylic acid groups (broad SMARTS) is 1. The van der Waals surface area contributed by atoms with Crippen molar-refractivity contribution in [3.63, 3.8) is 0 Å². The standard InChI is InChI=1S/C78H143NO8/c1-6-8-10-12-14-16-18-20-22-24-26-28-29-30-31-32-33-34-35-36-37-38-39-40-41-42-43-44-45-46-47-49-50-52-54-56-58-60-62-64-66-68-75(80)85-72-74(73-86-78(77(82)83)84-71-70-79(3,4)5)87-76(81)69-67-65-63-61-59-57-55-53-51-48-27-25-23-21-19-17-15-13-11-9-7-2/h9,11,15,17,21,23-24,26-27,48,74,78H,6-8,10,12-14,16,18-20,22,25,28-47,49-73H2,1-5H3/b11-9-,17-15-,23-21-,26-24-,48-27-. The Morgan fingerprint density at radius 1 is 0.356 bits per heavy atom. The van der Waals surface area contributed by atoms with Crippen LogP contribution in [0.2, 0.25) is 0 Å². The number of carbonyl (C=O) groups excluding carboxylic acids is 3. The van der Waals surface area contributed by atoms with Gasteiger partial charge in [0.05, 0.1) is 40.3 Å². The van der Waals surface area contributed by atoms with Gasteiger partial charge < -0.3 is 33.3 Å². The molecule has 2 atom stereocenters. The summed E-state index contributed by atoms with van der Waals surface area (Å²) in [5, 5.41) is 11.8. The fourth-order valence-corrected chi connectivity index (χ4v) is 11.1. The van der Waals surface area contributed by atoms with Gasteiger partial charge in [0.1, 0.15) is 13.2 Å². The lowest BCUT2D eigenvalue weighted by Gasteiger charge is -2.26. The molecule has 0 aromatic heterocycles. The van der Waals surface area contributed by atoms with Crippen molar-refractivity contribution in [1.29, 1.82) is 0 Å². The van der Waals surface area contributed by atoms with E-state index in [1.807, 2.05) is 21.1 Å². The first kappa shape index (κ1) is 84.0. The van der Waals surface area contributed by atoms with Crippen molar-refractivity contribution in [2.75, 3.05) is 47.5 Å². The van der Waals surface area contributed by atoms with E-state index in [1.165, 1.54) is 257 Å². The van der Waals surface area contributed by atoms with Crippen molar-refractivity contribution in [3.05, 3.63) is 60.8 Å². The molecule has 0 aliphatic heterocycles. The molecular formula is C78H143NO8. The Bertz CT molecular complexity index is 1610. The smallest absolute Gasteiger partial charge is 0.306 e. The fraction of sp³-hybridized carbons (Fsp3) is 0.833. The van der Waals surface area contributed by atoms with Crippen LogP contribution < -0.4 is 5.11 Å². The highest BCUT2D eigenvalue weighted by Crippen LogP contribution is 2.19. The van der Waals surface area contributed by atoms with Crippen molar-refractivity contribution < 1.29 is 42.9 Å². The third-order valence-electron chi connectivity index (χ3n) is 16.7. The summed E-state index contributed by atoms with van der Waals surface area (Å²) in [6, 6.07) is 0. The summed E-state index contributed by atoms with van der Waals surface area (Å²) >= 11 is 0. The minimum Gasteiger partial charge on any atom is -0.545 e. The van der Waals surface area contributed by atoms with Gasteiger partial charge in [-0.15, -0.1) is 0 Å². The molecule has 0 saturated heterocycles. The van der Waals surface area contributed by atoms with Gasteiger partial charge in [0, 0.05) is 12.8 Å². The molecule has 0 aromatic carbocycles. The number of nitrogens with zero attached hydrogens (tertiary/aromatic N) is 1. The number of likely N-dealkylation sites (N-methyl/N-ethyl adjacent to an activating group) is 1. The molecule has 0 spiro atoms. The highest BCUT2D eigenvalue weighted by Gasteiger charge is 2.22. The quantitative estimate of drug-likeness (QED) is 0.0195. The van der Waals surface area contributed by atoms with E-state index in [2.05, 4.69) is 74.6 Å². The van der Waals surface area contributed by atoms with E-state index in [0.717, 1.165) is 70.6 Å². The van der Waals surface area contributed by atoms with Crippen LogP contribution in [0.15, 0.2) is 60.8 Å². The third-order valence-corrected chi connectivity index (χ3v) is 16.7. The summed E-state index contributed by atoms with van der Waals surface area (Å²) in [6.07, 6.45) is 87.7. The SMILES string of the molecule is CC/C=C\C/C=C\C/C=C\C/C=C\CCCCCCCCCCC(=O)OC(COC(=O)CCCCCCCCCCCCCCCCCCCCCCCCCCCCCCC/C=C\CCCCCCCCCC)COC(OCC[N+](C)(C)C)C(=O)[O-]. The van der Waals surface area contributed by atoms with Gasteiger partial charge in [0.25, 0.3) is 0 Å². The van der Waals surface area contributed by atoms with E-state index in [1.54, 1.807) is 0 Å². The lowest BCUT2D eigenvalue weighted by Crippen LogP contribution is -2.44. The number of carbonyl (C=O) groups is 3. The van der Waals surface area contributed by atoms with Crippen LogP contribution in [0.5, 0.6) is 0 Å². The van der Waals surface area contributed by atoms with Gasteiger partial charge in [0.15, 0.2) is 12.4 Å². The maximum Gasteiger partial charge on any atom is 0.306 e. The minimum atomic E-state index is -1.63. The molecule has 0 N–H and O–H groups in total. The van der Waals surface area contributed by atoms with Gasteiger partial charge in [-0.25, -0.2) is 0 Å². The summed E-state index contributed by atoms with van der Waals surface area (Å²) in [7, 11) is 5.93. The molecule has 0 fully saturated rings. The first-order valence-electron chi connectivity index (χ1n) is 37.4. The Labute approximate surface area is 539 Å². The second-order valence-corrected chi connectivity index (χ2v) is 26.6. The molecule has 87 heavy (non-hydrogen) atoms. The van der Waals surface area contributed by atoms with Crippen LogP contribution in [0.1, 0.15) is 361 Å². The number of hydrogen-bond donors (Lipinski definition) is 0. The topological polar surface area (TPSA) is 111 Å². The molecule has 0 aliphatic carbocycles. The molecule has 0 amide bonds. The van der Waals surface area contributed by atoms with Crippen LogP contribution in [0.4, 0.5) is 0 Å². The van der Waals surface area contributed by atoms with E-state index in [-0.39, 0.29) is 32.2 Å². The number of ether oxygens (including phenoxy) is 4. The normalized spacial score (nSPS) is 13.0. The lowest BCUT2D eigenvalue weighted by molar-refractivity contribution is -0.870. The van der Waals surface area contributed by atoms with Gasteiger partial charge in [-0.2, -0.15) is 0 Å². The zero-order chi connectivity index (χ0) is 63.3. The molecule has 0 aromatic rings. The molecular weight excluding hydrogens is 1080 g/mol. The van der Waals surface area contributed by atoms with Crippen molar-refractivity contribution in [2.24, 2.45) is 0 Å². The number of aliphatic carboxylic acids is 1. The Balaban J connectivity index is 3.93. The molecule has 508 valence electrons. The number of unbranched alkanes of at least 4 members (excludes halogenated alkanes) is 45. The van der Waals surface area contributed by atoms with Crippen LogP contribution in [-0.4, -0.2) is 82.3 Å². The maximum atomic E-state index is 12.9. The second kappa shape index (κ2) is 68.9. The van der Waals surface area contributed by atoms with E-state index in [0.29, 0.717) is 23.9 Å². The fourth-order valence-electron chi connectivity index (χ4n) is 11.1. The summed E-state index contributed by atoms with van der Waals surface area (Å²) in [4.78, 5) is 37.5. The van der Waals surface area contributed by atoms with Gasteiger partial charge in [-0.3, -0.25) is 9.59 Å². The van der Waals surface area contributed by atoms with Crippen LogP contribution in [0.25, 0.3) is 0 Å². The molecule has 9 nitrogen and oxygen atoms in total. The van der Waals surface area contributed by atoms with Crippen molar-refractivity contribution in [1.82, 2.24) is 0 Å². The Morgan fingerprint density at radius 3 is 0.989 bits per heavy atom. The molecule has 0 saturated carbocycles. The lowest BCUT2D eigenvalue weighted by atomic mass is 10.0. The van der Waals surface area contributed by atoms with Gasteiger partial charge in [-0.1, -0.05) is 331 Å². The summed E-state index contributed by atoms with van der Waals surface area (Å²) in [6.45, 7) is 4.67. The van der Waals surface area contributed by atoms with E-state index in [9.17, 15) is 19.5 Å². The number of rotatable bonds is 70. The largest absolute Gasteiger partial charge is 0.545 e. The zero-order valence-electron chi connectivity index (χ0n) is 58.2. The van der Waals surface area contributed by atoms with Crippen LogP contribution in [-0.2, 0) is 33.3 Å². The number of allylic oxidation sites excluding steroid dienone is 10. The number of hydrogen-bond acceptors (Lipinski definition) is 8. The molecule has 0 bridgehead atoms. The maximum absolute atomic E-state index is 12.9. The average molecular weight is 1220 g/mol. The Morgan fingerprint density at radius 2 is 0.655 bits per heavy atom. The second-order valence-electron chi connectivity index (χ2n) is 26.6. The van der Waals surface area contributed by atoms with Gasteiger partial charge in [-0.05, 0) is 77.0 Å². The molecule has 9 heteroatoms. The predicted octanol–water partition coefficient (Wildman–Crippen LogP) is 22.1. The van der Waals surface area contributed by atoms with E-state index < -0.39 is 24.3 Å².